The maximum Gasteiger partial charge on any atom is 0.410 e. The maximum atomic E-state index is 12.2. The molecule has 1 aliphatic rings. The lowest BCUT2D eigenvalue weighted by Gasteiger charge is -2.40. The Kier molecular flexibility index (Phi) is 6.62. The lowest BCUT2D eigenvalue weighted by molar-refractivity contribution is -0.158. The summed E-state index contributed by atoms with van der Waals surface area (Å²) in [5.74, 6) is -1.66. The number of nitrogens with zero attached hydrogens (tertiary/aromatic N) is 1. The van der Waals surface area contributed by atoms with Crippen molar-refractivity contribution in [2.24, 2.45) is 11.8 Å². The molecule has 0 aliphatic carbocycles. The predicted octanol–water partition coefficient (Wildman–Crippen LogP) is 1.04. The molecule has 1 rings (SSSR count). The van der Waals surface area contributed by atoms with E-state index in [9.17, 15) is 14.7 Å². The number of rotatable bonds is 4. The largest absolute Gasteiger partial charge is 0.466 e. The highest BCUT2D eigenvalue weighted by molar-refractivity contribution is 5.75. The molecule has 1 aliphatic heterocycles. The van der Waals surface area contributed by atoms with Gasteiger partial charge in [0.15, 0.2) is 0 Å². The molecule has 128 valence electrons. The van der Waals surface area contributed by atoms with Crippen LogP contribution in [-0.2, 0) is 19.0 Å². The van der Waals surface area contributed by atoms with Gasteiger partial charge in [-0.2, -0.15) is 0 Å². The lowest BCUT2D eigenvalue weighted by Crippen LogP contribution is -2.55. The Hall–Kier alpha value is -1.34. The Morgan fingerprint density at radius 2 is 1.91 bits per heavy atom. The molecule has 0 unspecified atom stereocenters. The molecule has 0 saturated carbocycles. The number of amides is 1. The number of ether oxygens (including phenoxy) is 3. The van der Waals surface area contributed by atoms with Gasteiger partial charge in [-0.3, -0.25) is 4.79 Å². The normalized spacial score (nSPS) is 25.7. The van der Waals surface area contributed by atoms with Gasteiger partial charge in [0.25, 0.3) is 0 Å². The molecule has 0 radical (unpaired) electrons. The summed E-state index contributed by atoms with van der Waals surface area (Å²) in [5.41, 5.74) is -0.622. The SMILES string of the molecule is CCOC(=O)[C@@H]1CN(C(=O)OC(C)(C)C)C[C@H](COC)[C@@H]1O. The van der Waals surface area contributed by atoms with Crippen LogP contribution in [0.25, 0.3) is 0 Å². The number of methoxy groups -OCH3 is 1. The second kappa shape index (κ2) is 7.78. The second-order valence-electron chi connectivity index (χ2n) is 6.45. The minimum Gasteiger partial charge on any atom is -0.466 e. The highest BCUT2D eigenvalue weighted by Crippen LogP contribution is 2.25. The summed E-state index contributed by atoms with van der Waals surface area (Å²) in [7, 11) is 1.51. The zero-order valence-corrected chi connectivity index (χ0v) is 14.0. The number of hydrogen-bond donors (Lipinski definition) is 1. The Morgan fingerprint density at radius 1 is 1.27 bits per heavy atom. The Bertz CT molecular complexity index is 392. The van der Waals surface area contributed by atoms with Crippen LogP contribution in [0.5, 0.6) is 0 Å². The summed E-state index contributed by atoms with van der Waals surface area (Å²) in [6.07, 6.45) is -1.41. The van der Waals surface area contributed by atoms with Gasteiger partial charge >= 0.3 is 12.1 Å². The fourth-order valence-corrected chi connectivity index (χ4v) is 2.44. The molecule has 0 aromatic rings. The van der Waals surface area contributed by atoms with Crippen molar-refractivity contribution in [3.8, 4) is 0 Å². The van der Waals surface area contributed by atoms with Crippen LogP contribution in [0.1, 0.15) is 27.7 Å². The van der Waals surface area contributed by atoms with Crippen LogP contribution >= 0.6 is 0 Å². The lowest BCUT2D eigenvalue weighted by atomic mass is 9.86. The van der Waals surface area contributed by atoms with Crippen LogP contribution in [0, 0.1) is 11.8 Å². The molecule has 0 aromatic heterocycles. The molecule has 1 amide bonds. The van der Waals surface area contributed by atoms with Gasteiger partial charge in [-0.1, -0.05) is 0 Å². The first kappa shape index (κ1) is 18.7. The fourth-order valence-electron chi connectivity index (χ4n) is 2.44. The average Bonchev–Trinajstić information content (AvgIpc) is 2.39. The molecule has 0 bridgehead atoms. The molecular weight excluding hydrogens is 290 g/mol. The van der Waals surface area contributed by atoms with Crippen molar-refractivity contribution in [2.45, 2.75) is 39.4 Å². The molecule has 7 heteroatoms. The smallest absolute Gasteiger partial charge is 0.410 e. The molecular formula is C15H27NO6. The van der Waals surface area contributed by atoms with E-state index in [4.69, 9.17) is 14.2 Å². The number of aliphatic hydroxyl groups excluding tert-OH is 1. The second-order valence-corrected chi connectivity index (χ2v) is 6.45. The summed E-state index contributed by atoms with van der Waals surface area (Å²) in [5, 5.41) is 10.3. The molecule has 1 N–H and O–H groups in total. The Labute approximate surface area is 131 Å². The van der Waals surface area contributed by atoms with Crippen molar-refractivity contribution in [2.75, 3.05) is 33.4 Å². The van der Waals surface area contributed by atoms with Gasteiger partial charge in [0, 0.05) is 26.1 Å². The van der Waals surface area contributed by atoms with Crippen molar-refractivity contribution in [1.29, 1.82) is 0 Å². The van der Waals surface area contributed by atoms with Gasteiger partial charge in [-0.05, 0) is 27.7 Å². The van der Waals surface area contributed by atoms with Crippen molar-refractivity contribution in [1.82, 2.24) is 4.90 Å². The highest BCUT2D eigenvalue weighted by atomic mass is 16.6. The average molecular weight is 317 g/mol. The summed E-state index contributed by atoms with van der Waals surface area (Å²) in [6, 6.07) is 0. The number of likely N-dealkylation sites (tertiary alicyclic amines) is 1. The number of carbonyl (C=O) groups is 2. The zero-order valence-electron chi connectivity index (χ0n) is 14.0. The van der Waals surface area contributed by atoms with Crippen molar-refractivity contribution < 1.29 is 28.9 Å². The molecule has 1 saturated heterocycles. The van der Waals surface area contributed by atoms with E-state index in [0.29, 0.717) is 0 Å². The molecule has 0 spiro atoms. The van der Waals surface area contributed by atoms with Crippen molar-refractivity contribution in [3.63, 3.8) is 0 Å². The Morgan fingerprint density at radius 3 is 2.41 bits per heavy atom. The van der Waals surface area contributed by atoms with Crippen LogP contribution in [0.15, 0.2) is 0 Å². The van der Waals surface area contributed by atoms with E-state index in [0.717, 1.165) is 0 Å². The van der Waals surface area contributed by atoms with E-state index in [-0.39, 0.29) is 32.2 Å². The molecule has 0 aromatic carbocycles. The van der Waals surface area contributed by atoms with Crippen molar-refractivity contribution >= 4 is 12.1 Å². The summed E-state index contributed by atoms with van der Waals surface area (Å²) in [6.45, 7) is 7.86. The van der Waals surface area contributed by atoms with Gasteiger partial charge in [0.2, 0.25) is 0 Å². The molecule has 3 atom stereocenters. The monoisotopic (exact) mass is 317 g/mol. The van der Waals surface area contributed by atoms with Crippen LogP contribution < -0.4 is 0 Å². The quantitative estimate of drug-likeness (QED) is 0.780. The van der Waals surface area contributed by atoms with Crippen LogP contribution in [0.2, 0.25) is 0 Å². The van der Waals surface area contributed by atoms with Crippen LogP contribution in [0.3, 0.4) is 0 Å². The first-order chi connectivity index (χ1) is 10.2. The summed E-state index contributed by atoms with van der Waals surface area (Å²) < 4.78 is 15.4. The molecule has 1 heterocycles. The third-order valence-electron chi connectivity index (χ3n) is 3.39. The topological polar surface area (TPSA) is 85.3 Å². The first-order valence-electron chi connectivity index (χ1n) is 7.51. The summed E-state index contributed by atoms with van der Waals surface area (Å²) >= 11 is 0. The minimum atomic E-state index is -0.905. The van der Waals surface area contributed by atoms with E-state index in [2.05, 4.69) is 0 Å². The van der Waals surface area contributed by atoms with Gasteiger partial charge < -0.3 is 24.2 Å². The standard InChI is InChI=1S/C15H27NO6/c1-6-21-13(18)11-8-16(14(19)22-15(2,3)4)7-10(9-20-5)12(11)17/h10-12,17H,6-9H2,1-5H3/t10-,11-,12+/m1/s1. The van der Waals surface area contributed by atoms with E-state index < -0.39 is 29.7 Å². The number of aliphatic hydroxyl groups is 1. The highest BCUT2D eigenvalue weighted by Gasteiger charge is 2.43. The minimum absolute atomic E-state index is 0.0785. The van der Waals surface area contributed by atoms with Gasteiger partial charge in [-0.15, -0.1) is 0 Å². The zero-order chi connectivity index (χ0) is 16.9. The number of carbonyl (C=O) groups excluding carboxylic acids is 2. The van der Waals surface area contributed by atoms with E-state index in [1.165, 1.54) is 12.0 Å². The van der Waals surface area contributed by atoms with Gasteiger partial charge in [0.05, 0.1) is 19.3 Å². The van der Waals surface area contributed by atoms with Gasteiger partial charge in [-0.25, -0.2) is 4.79 Å². The molecule has 7 nitrogen and oxygen atoms in total. The van der Waals surface area contributed by atoms with Crippen molar-refractivity contribution in [3.05, 3.63) is 0 Å². The maximum absolute atomic E-state index is 12.2. The number of hydrogen-bond acceptors (Lipinski definition) is 6. The summed E-state index contributed by atoms with van der Waals surface area (Å²) in [4.78, 5) is 25.7. The first-order valence-corrected chi connectivity index (χ1v) is 7.51. The van der Waals surface area contributed by atoms with Crippen LogP contribution in [-0.4, -0.2) is 67.2 Å². The fraction of sp³-hybridized carbons (Fsp3) is 0.867. The Balaban J connectivity index is 2.86. The molecule has 1 fully saturated rings. The van der Waals surface area contributed by atoms with Gasteiger partial charge in [0.1, 0.15) is 11.5 Å². The van der Waals surface area contributed by atoms with E-state index in [1.807, 2.05) is 0 Å². The van der Waals surface area contributed by atoms with E-state index >= 15 is 0 Å². The predicted molar refractivity (Wildman–Crippen MR) is 79.3 cm³/mol. The third-order valence-corrected chi connectivity index (χ3v) is 3.39. The number of esters is 1. The van der Waals surface area contributed by atoms with E-state index in [1.54, 1.807) is 27.7 Å². The third kappa shape index (κ3) is 5.14. The number of piperidine rings is 1. The molecule has 22 heavy (non-hydrogen) atoms. The van der Waals surface area contributed by atoms with Crippen LogP contribution in [0.4, 0.5) is 4.79 Å².